The van der Waals surface area contributed by atoms with E-state index in [2.05, 4.69) is 15.3 Å². The van der Waals surface area contributed by atoms with E-state index in [9.17, 15) is 17.6 Å². The molecular formula is C22H22FN5O3S. The minimum atomic E-state index is -3.64. The first-order valence-corrected chi connectivity index (χ1v) is 11.5. The lowest BCUT2D eigenvalue weighted by molar-refractivity contribution is -0.114. The highest BCUT2D eigenvalue weighted by Gasteiger charge is 2.29. The zero-order valence-corrected chi connectivity index (χ0v) is 18.2. The summed E-state index contributed by atoms with van der Waals surface area (Å²) in [6.07, 6.45) is 1.45. The Morgan fingerprint density at radius 1 is 0.969 bits per heavy atom. The van der Waals surface area contributed by atoms with Gasteiger partial charge in [0.15, 0.2) is 0 Å². The SMILES string of the molecule is CC(=O)Nc1ccc(S(=O)(=O)N2CCN(c3cc(-c4ccc(F)cc4)ncn3)CC2)cc1. The second-order valence-electron chi connectivity index (χ2n) is 7.37. The molecule has 0 radical (unpaired) electrons. The van der Waals surface area contributed by atoms with E-state index in [1.807, 2.05) is 11.0 Å². The van der Waals surface area contributed by atoms with Gasteiger partial charge in [0.25, 0.3) is 0 Å². The molecule has 1 N–H and O–H groups in total. The molecule has 0 unspecified atom stereocenters. The van der Waals surface area contributed by atoms with Crippen molar-refractivity contribution in [3.63, 3.8) is 0 Å². The third-order valence-electron chi connectivity index (χ3n) is 5.17. The number of rotatable bonds is 5. The number of sulfonamides is 1. The van der Waals surface area contributed by atoms with Crippen LogP contribution in [0.5, 0.6) is 0 Å². The number of anilines is 2. The molecule has 10 heteroatoms. The molecule has 1 aromatic heterocycles. The van der Waals surface area contributed by atoms with Crippen LogP contribution in [0, 0.1) is 5.82 Å². The third-order valence-corrected chi connectivity index (χ3v) is 7.08. The van der Waals surface area contributed by atoms with Crippen LogP contribution in [-0.2, 0) is 14.8 Å². The van der Waals surface area contributed by atoms with E-state index in [0.29, 0.717) is 43.4 Å². The monoisotopic (exact) mass is 455 g/mol. The smallest absolute Gasteiger partial charge is 0.243 e. The number of halogens is 1. The topological polar surface area (TPSA) is 95.5 Å². The Balaban J connectivity index is 1.44. The summed E-state index contributed by atoms with van der Waals surface area (Å²) in [5.41, 5.74) is 1.99. The zero-order chi connectivity index (χ0) is 22.7. The third kappa shape index (κ3) is 4.76. The van der Waals surface area contributed by atoms with Gasteiger partial charge in [0.2, 0.25) is 15.9 Å². The first-order chi connectivity index (χ1) is 15.3. The predicted molar refractivity (Wildman–Crippen MR) is 119 cm³/mol. The van der Waals surface area contributed by atoms with Gasteiger partial charge in [-0.05, 0) is 48.5 Å². The maximum Gasteiger partial charge on any atom is 0.243 e. The normalized spacial score (nSPS) is 14.9. The zero-order valence-electron chi connectivity index (χ0n) is 17.4. The Kier molecular flexibility index (Phi) is 6.15. The van der Waals surface area contributed by atoms with Crippen LogP contribution >= 0.6 is 0 Å². The van der Waals surface area contributed by atoms with Crippen LogP contribution in [0.25, 0.3) is 11.3 Å². The van der Waals surface area contributed by atoms with Crippen LogP contribution in [-0.4, -0.2) is 54.8 Å². The molecule has 0 saturated carbocycles. The average Bonchev–Trinajstić information content (AvgIpc) is 2.80. The van der Waals surface area contributed by atoms with Crippen molar-refractivity contribution in [2.45, 2.75) is 11.8 Å². The van der Waals surface area contributed by atoms with Crippen LogP contribution in [0.3, 0.4) is 0 Å². The summed E-state index contributed by atoms with van der Waals surface area (Å²) in [5.74, 6) is 0.158. The molecule has 166 valence electrons. The van der Waals surface area contributed by atoms with Gasteiger partial charge in [-0.3, -0.25) is 4.79 Å². The van der Waals surface area contributed by atoms with Crippen molar-refractivity contribution >= 4 is 27.4 Å². The summed E-state index contributed by atoms with van der Waals surface area (Å²) >= 11 is 0. The molecule has 1 saturated heterocycles. The Hall–Kier alpha value is -3.37. The van der Waals surface area contributed by atoms with Gasteiger partial charge < -0.3 is 10.2 Å². The first-order valence-electron chi connectivity index (χ1n) is 10.0. The van der Waals surface area contributed by atoms with E-state index < -0.39 is 10.0 Å². The molecule has 0 bridgehead atoms. The number of hydrogen-bond acceptors (Lipinski definition) is 6. The minimum Gasteiger partial charge on any atom is -0.354 e. The van der Waals surface area contributed by atoms with E-state index in [-0.39, 0.29) is 16.6 Å². The van der Waals surface area contributed by atoms with Gasteiger partial charge in [-0.15, -0.1) is 0 Å². The quantitative estimate of drug-likeness (QED) is 0.636. The van der Waals surface area contributed by atoms with E-state index in [0.717, 1.165) is 5.56 Å². The van der Waals surface area contributed by atoms with Crippen LogP contribution in [0.15, 0.2) is 65.8 Å². The molecule has 1 aliphatic heterocycles. The molecule has 1 aliphatic rings. The largest absolute Gasteiger partial charge is 0.354 e. The van der Waals surface area contributed by atoms with Gasteiger partial charge >= 0.3 is 0 Å². The number of nitrogens with one attached hydrogen (secondary N) is 1. The predicted octanol–water partition coefficient (Wildman–Crippen LogP) is 2.75. The van der Waals surface area contributed by atoms with Gasteiger partial charge in [-0.2, -0.15) is 4.31 Å². The van der Waals surface area contributed by atoms with Crippen LogP contribution in [0.4, 0.5) is 15.9 Å². The maximum atomic E-state index is 13.2. The highest BCUT2D eigenvalue weighted by atomic mass is 32.2. The number of amides is 1. The van der Waals surface area contributed by atoms with Gasteiger partial charge in [0, 0.05) is 50.4 Å². The van der Waals surface area contributed by atoms with Crippen LogP contribution < -0.4 is 10.2 Å². The highest BCUT2D eigenvalue weighted by molar-refractivity contribution is 7.89. The van der Waals surface area contributed by atoms with Gasteiger partial charge in [0.1, 0.15) is 18.0 Å². The molecule has 8 nitrogen and oxygen atoms in total. The molecule has 2 aromatic carbocycles. The molecule has 2 heterocycles. The molecule has 0 aliphatic carbocycles. The standard InChI is InChI=1S/C22H22FN5O3S/c1-16(29)26-19-6-8-20(9-7-19)32(30,31)28-12-10-27(11-13-28)22-14-21(24-15-25-22)17-2-4-18(23)5-3-17/h2-9,14-15H,10-13H2,1H3,(H,26,29). The van der Waals surface area contributed by atoms with Crippen LogP contribution in [0.2, 0.25) is 0 Å². The number of nitrogens with zero attached hydrogens (tertiary/aromatic N) is 4. The maximum absolute atomic E-state index is 13.2. The summed E-state index contributed by atoms with van der Waals surface area (Å²) in [6.45, 7) is 2.97. The fraction of sp³-hybridized carbons (Fsp3) is 0.227. The molecule has 32 heavy (non-hydrogen) atoms. The number of benzene rings is 2. The Morgan fingerprint density at radius 2 is 1.62 bits per heavy atom. The van der Waals surface area contributed by atoms with E-state index in [1.54, 1.807) is 24.3 Å². The number of carbonyl (C=O) groups excluding carboxylic acids is 1. The lowest BCUT2D eigenvalue weighted by atomic mass is 10.1. The van der Waals surface area contributed by atoms with Crippen molar-refractivity contribution in [3.05, 3.63) is 66.7 Å². The second kappa shape index (κ2) is 9.01. The summed E-state index contributed by atoms with van der Waals surface area (Å²) in [7, 11) is -3.64. The highest BCUT2D eigenvalue weighted by Crippen LogP contribution is 2.24. The van der Waals surface area contributed by atoms with Crippen molar-refractivity contribution in [3.8, 4) is 11.3 Å². The average molecular weight is 456 g/mol. The van der Waals surface area contributed by atoms with Crippen LogP contribution in [0.1, 0.15) is 6.92 Å². The molecule has 3 aromatic rings. The second-order valence-corrected chi connectivity index (χ2v) is 9.30. The van der Waals surface area contributed by atoms with Gasteiger partial charge in [0.05, 0.1) is 10.6 Å². The molecule has 1 fully saturated rings. The Morgan fingerprint density at radius 3 is 2.25 bits per heavy atom. The Bertz CT molecular complexity index is 1210. The van der Waals surface area contributed by atoms with Crippen molar-refractivity contribution in [2.75, 3.05) is 36.4 Å². The number of hydrogen-bond donors (Lipinski definition) is 1. The summed E-state index contributed by atoms with van der Waals surface area (Å²) < 4.78 is 40.6. The fourth-order valence-corrected chi connectivity index (χ4v) is 4.94. The van der Waals surface area contributed by atoms with Gasteiger partial charge in [-0.1, -0.05) is 0 Å². The van der Waals surface area contributed by atoms with Crippen molar-refractivity contribution in [1.29, 1.82) is 0 Å². The lowest BCUT2D eigenvalue weighted by Gasteiger charge is -2.34. The van der Waals surface area contributed by atoms with Crippen molar-refractivity contribution in [1.82, 2.24) is 14.3 Å². The number of piperazine rings is 1. The molecule has 1 amide bonds. The van der Waals surface area contributed by atoms with E-state index in [4.69, 9.17) is 0 Å². The first kappa shape index (κ1) is 21.8. The van der Waals surface area contributed by atoms with E-state index in [1.165, 1.54) is 41.8 Å². The lowest BCUT2D eigenvalue weighted by Crippen LogP contribution is -2.48. The van der Waals surface area contributed by atoms with Gasteiger partial charge in [-0.25, -0.2) is 22.8 Å². The summed E-state index contributed by atoms with van der Waals surface area (Å²) in [5, 5.41) is 2.62. The number of carbonyl (C=O) groups is 1. The fourth-order valence-electron chi connectivity index (χ4n) is 3.52. The minimum absolute atomic E-state index is 0.181. The Labute approximate surface area is 185 Å². The summed E-state index contributed by atoms with van der Waals surface area (Å²) in [4.78, 5) is 21.9. The van der Waals surface area contributed by atoms with Crippen molar-refractivity contribution in [2.24, 2.45) is 0 Å². The molecule has 0 spiro atoms. The number of aromatic nitrogens is 2. The van der Waals surface area contributed by atoms with Crippen molar-refractivity contribution < 1.29 is 17.6 Å². The summed E-state index contributed by atoms with van der Waals surface area (Å²) in [6, 6.07) is 14.0. The molecule has 0 atom stereocenters. The molecular weight excluding hydrogens is 433 g/mol. The molecule has 4 rings (SSSR count). The van der Waals surface area contributed by atoms with E-state index >= 15 is 0 Å².